The van der Waals surface area contributed by atoms with E-state index in [-0.39, 0.29) is 17.1 Å². The van der Waals surface area contributed by atoms with Crippen molar-refractivity contribution in [1.82, 2.24) is 0 Å². The first-order valence-corrected chi connectivity index (χ1v) is 8.18. The van der Waals surface area contributed by atoms with Crippen molar-refractivity contribution in [2.24, 2.45) is 0 Å². The molecule has 0 radical (unpaired) electrons. The fourth-order valence-electron chi connectivity index (χ4n) is 2.43. The third-order valence-corrected chi connectivity index (χ3v) is 5.79. The van der Waals surface area contributed by atoms with E-state index in [1.54, 1.807) is 24.3 Å². The number of benzene rings is 1. The van der Waals surface area contributed by atoms with Crippen molar-refractivity contribution in [2.45, 2.75) is 16.9 Å². The molecule has 3 rings (SSSR count). The zero-order valence-corrected chi connectivity index (χ0v) is 12.2. The summed E-state index contributed by atoms with van der Waals surface area (Å²) in [5.74, 6) is 0.239. The summed E-state index contributed by atoms with van der Waals surface area (Å²) in [5, 5.41) is 10.9. The third kappa shape index (κ3) is 1.86. The van der Waals surface area contributed by atoms with Gasteiger partial charge in [0.05, 0.1) is 21.4 Å². The first-order chi connectivity index (χ1) is 8.95. The molecule has 1 N–H and O–H groups in total. The highest BCUT2D eigenvalue weighted by Gasteiger charge is 2.44. The molecule has 1 aromatic heterocycles. The predicted octanol–water partition coefficient (Wildman–Crippen LogP) is 2.46. The van der Waals surface area contributed by atoms with Crippen LogP contribution in [0, 0.1) is 0 Å². The highest BCUT2D eigenvalue weighted by Crippen LogP contribution is 2.44. The topological polar surface area (TPSA) is 67.5 Å². The van der Waals surface area contributed by atoms with Crippen LogP contribution in [-0.2, 0) is 15.4 Å². The molecule has 6 heteroatoms. The maximum Gasteiger partial charge on any atom is 0.178 e. The molecule has 1 atom stereocenters. The molecule has 0 saturated heterocycles. The smallest absolute Gasteiger partial charge is 0.178 e. The van der Waals surface area contributed by atoms with Gasteiger partial charge in [0.2, 0.25) is 0 Å². The molecule has 0 aliphatic carbocycles. The van der Waals surface area contributed by atoms with Crippen molar-refractivity contribution in [2.75, 3.05) is 5.75 Å². The van der Waals surface area contributed by atoms with Gasteiger partial charge in [-0.1, -0.05) is 18.2 Å². The Kier molecular flexibility index (Phi) is 2.85. The maximum absolute atomic E-state index is 12.1. The second kappa shape index (κ2) is 4.19. The third-order valence-electron chi connectivity index (χ3n) is 3.39. The molecule has 0 bridgehead atoms. The molecular weight excluding hydrogens is 332 g/mol. The van der Waals surface area contributed by atoms with E-state index in [1.807, 2.05) is 0 Å². The van der Waals surface area contributed by atoms with Crippen molar-refractivity contribution in [3.63, 3.8) is 0 Å². The molecule has 1 aliphatic rings. The lowest BCUT2D eigenvalue weighted by atomic mass is 9.88. The quantitative estimate of drug-likeness (QED) is 0.864. The van der Waals surface area contributed by atoms with Gasteiger partial charge in [0, 0.05) is 12.0 Å². The van der Waals surface area contributed by atoms with Gasteiger partial charge < -0.3 is 9.52 Å². The van der Waals surface area contributed by atoms with E-state index in [0.717, 1.165) is 0 Å². The molecule has 2 heterocycles. The first-order valence-electron chi connectivity index (χ1n) is 5.73. The van der Waals surface area contributed by atoms with Gasteiger partial charge in [0.15, 0.2) is 21.2 Å². The maximum atomic E-state index is 12.1. The number of aliphatic hydroxyl groups is 1. The Hall–Kier alpha value is -1.11. The van der Waals surface area contributed by atoms with E-state index in [1.165, 1.54) is 12.3 Å². The average molecular weight is 343 g/mol. The molecule has 1 unspecified atom stereocenters. The van der Waals surface area contributed by atoms with Crippen molar-refractivity contribution < 1.29 is 17.9 Å². The second-order valence-corrected chi connectivity index (χ2v) is 7.45. The van der Waals surface area contributed by atoms with Gasteiger partial charge in [0.1, 0.15) is 0 Å². The normalized spacial score (nSPS) is 24.9. The van der Waals surface area contributed by atoms with Crippen molar-refractivity contribution >= 4 is 25.8 Å². The van der Waals surface area contributed by atoms with E-state index in [9.17, 15) is 13.5 Å². The van der Waals surface area contributed by atoms with Crippen LogP contribution in [0.4, 0.5) is 0 Å². The largest absolute Gasteiger partial charge is 0.465 e. The summed E-state index contributed by atoms with van der Waals surface area (Å²) >= 11 is 3.31. The summed E-state index contributed by atoms with van der Waals surface area (Å²) in [6.07, 6.45) is 1.54. The van der Waals surface area contributed by atoms with Crippen LogP contribution in [0.2, 0.25) is 0 Å². The molecular formula is C13H11BrO4S. The van der Waals surface area contributed by atoms with Gasteiger partial charge in [-0.2, -0.15) is 0 Å². The fraction of sp³-hybridized carbons (Fsp3) is 0.231. The number of sulfone groups is 1. The predicted molar refractivity (Wildman–Crippen MR) is 72.5 cm³/mol. The number of hydrogen-bond donors (Lipinski definition) is 1. The Labute approximate surface area is 119 Å². The summed E-state index contributed by atoms with van der Waals surface area (Å²) in [5.41, 5.74) is -1.04. The summed E-state index contributed by atoms with van der Waals surface area (Å²) in [7, 11) is -3.33. The van der Waals surface area contributed by atoms with Gasteiger partial charge >= 0.3 is 0 Å². The van der Waals surface area contributed by atoms with Crippen molar-refractivity contribution in [3.8, 4) is 0 Å². The first kappa shape index (κ1) is 12.9. The molecule has 1 aromatic carbocycles. The van der Waals surface area contributed by atoms with E-state index >= 15 is 0 Å². The number of hydrogen-bond acceptors (Lipinski definition) is 4. The van der Waals surface area contributed by atoms with Crippen LogP contribution < -0.4 is 0 Å². The molecule has 2 aromatic rings. The molecule has 100 valence electrons. The Bertz CT molecular complexity index is 735. The van der Waals surface area contributed by atoms with Crippen LogP contribution in [0.15, 0.2) is 50.4 Å². The van der Waals surface area contributed by atoms with Crippen LogP contribution >= 0.6 is 15.9 Å². The van der Waals surface area contributed by atoms with Crippen LogP contribution in [0.5, 0.6) is 0 Å². The number of halogens is 1. The lowest BCUT2D eigenvalue weighted by molar-refractivity contribution is 0.0474. The standard InChI is InChI=1S/C13H11BrO4S/c14-10-5-7-18-12(10)13(15)6-8-19(16,17)11-4-2-1-3-9(11)13/h1-5,7,15H,6,8H2. The average Bonchev–Trinajstić information content (AvgIpc) is 2.82. The van der Waals surface area contributed by atoms with Crippen molar-refractivity contribution in [3.05, 3.63) is 52.4 Å². The van der Waals surface area contributed by atoms with Gasteiger partial charge in [-0.05, 0) is 28.1 Å². The minimum absolute atomic E-state index is 0.0818. The molecule has 0 spiro atoms. The van der Waals surface area contributed by atoms with Gasteiger partial charge in [0.25, 0.3) is 0 Å². The molecule has 1 aliphatic heterocycles. The van der Waals surface area contributed by atoms with Gasteiger partial charge in [-0.3, -0.25) is 0 Å². The Balaban J connectivity index is 2.29. The van der Waals surface area contributed by atoms with Gasteiger partial charge in [-0.25, -0.2) is 8.42 Å². The highest BCUT2D eigenvalue weighted by atomic mass is 79.9. The monoisotopic (exact) mass is 342 g/mol. The lowest BCUT2D eigenvalue weighted by Gasteiger charge is -2.32. The van der Waals surface area contributed by atoms with E-state index in [4.69, 9.17) is 4.42 Å². The van der Waals surface area contributed by atoms with Crippen LogP contribution in [0.3, 0.4) is 0 Å². The second-order valence-electron chi connectivity index (χ2n) is 4.52. The molecule has 0 fully saturated rings. The number of rotatable bonds is 1. The van der Waals surface area contributed by atoms with Crippen LogP contribution in [0.25, 0.3) is 0 Å². The van der Waals surface area contributed by atoms with E-state index < -0.39 is 15.4 Å². The molecule has 0 amide bonds. The Morgan fingerprint density at radius 3 is 2.68 bits per heavy atom. The Morgan fingerprint density at radius 1 is 1.26 bits per heavy atom. The van der Waals surface area contributed by atoms with Crippen LogP contribution in [-0.4, -0.2) is 19.3 Å². The van der Waals surface area contributed by atoms with E-state index in [0.29, 0.717) is 15.8 Å². The summed E-state index contributed by atoms with van der Waals surface area (Å²) in [6.45, 7) is 0. The summed E-state index contributed by atoms with van der Waals surface area (Å²) < 4.78 is 30.1. The minimum atomic E-state index is -3.33. The molecule has 19 heavy (non-hydrogen) atoms. The summed E-state index contributed by atoms with van der Waals surface area (Å²) in [4.78, 5) is 0.173. The molecule has 4 nitrogen and oxygen atoms in total. The SMILES string of the molecule is O=S1(=O)CCC(O)(c2occc2Br)c2ccccc21. The molecule has 0 saturated carbocycles. The number of fused-ring (bicyclic) bond motifs is 1. The minimum Gasteiger partial charge on any atom is -0.465 e. The Morgan fingerprint density at radius 2 is 2.00 bits per heavy atom. The lowest BCUT2D eigenvalue weighted by Crippen LogP contribution is -2.36. The van der Waals surface area contributed by atoms with E-state index in [2.05, 4.69) is 15.9 Å². The zero-order chi connectivity index (χ0) is 13.7. The summed E-state index contributed by atoms with van der Waals surface area (Å²) in [6, 6.07) is 8.19. The number of furan rings is 1. The van der Waals surface area contributed by atoms with Crippen LogP contribution in [0.1, 0.15) is 17.7 Å². The zero-order valence-electron chi connectivity index (χ0n) is 9.84. The van der Waals surface area contributed by atoms with Gasteiger partial charge in [-0.15, -0.1) is 0 Å². The highest BCUT2D eigenvalue weighted by molar-refractivity contribution is 9.10. The fourth-order valence-corrected chi connectivity index (χ4v) is 4.60. The van der Waals surface area contributed by atoms with Crippen molar-refractivity contribution in [1.29, 1.82) is 0 Å².